The summed E-state index contributed by atoms with van der Waals surface area (Å²) in [5.74, 6) is 2.02. The van der Waals surface area contributed by atoms with Gasteiger partial charge in [-0.25, -0.2) is 0 Å². The lowest BCUT2D eigenvalue weighted by Gasteiger charge is -2.35. The molecule has 2 aliphatic rings. The third kappa shape index (κ3) is 7.06. The first-order valence-corrected chi connectivity index (χ1v) is 13.8. The van der Waals surface area contributed by atoms with Crippen LogP contribution in [0.2, 0.25) is 10.0 Å². The van der Waals surface area contributed by atoms with Crippen molar-refractivity contribution in [2.75, 3.05) is 39.3 Å². The zero-order valence-electron chi connectivity index (χ0n) is 19.6. The van der Waals surface area contributed by atoms with Crippen LogP contribution in [0.4, 0.5) is 0 Å². The van der Waals surface area contributed by atoms with Gasteiger partial charge in [-0.3, -0.25) is 4.90 Å². The lowest BCUT2D eigenvalue weighted by molar-refractivity contribution is 0.0537. The maximum absolute atomic E-state index is 6.48. The number of likely N-dealkylation sites (tertiary alicyclic amines) is 2. The van der Waals surface area contributed by atoms with Crippen molar-refractivity contribution in [3.05, 3.63) is 68.9 Å². The predicted octanol–water partition coefficient (Wildman–Crippen LogP) is 6.96. The summed E-state index contributed by atoms with van der Waals surface area (Å²) in [5.41, 5.74) is 2.66. The second kappa shape index (κ2) is 12.2. The van der Waals surface area contributed by atoms with Crippen molar-refractivity contribution in [3.63, 3.8) is 0 Å². The Morgan fingerprint density at radius 2 is 2.00 bits per heavy atom. The van der Waals surface area contributed by atoms with E-state index >= 15 is 0 Å². The van der Waals surface area contributed by atoms with Gasteiger partial charge in [0.25, 0.3) is 0 Å². The van der Waals surface area contributed by atoms with Gasteiger partial charge >= 0.3 is 0 Å². The van der Waals surface area contributed by atoms with Crippen molar-refractivity contribution in [2.45, 2.75) is 44.8 Å². The van der Waals surface area contributed by atoms with Crippen LogP contribution in [0.25, 0.3) is 0 Å². The Balaban J connectivity index is 1.33. The van der Waals surface area contributed by atoms with E-state index in [1.807, 2.05) is 29.5 Å². The molecule has 1 aromatic heterocycles. The fraction of sp³-hybridized carbons (Fsp3) is 0.556. The summed E-state index contributed by atoms with van der Waals surface area (Å²) in [4.78, 5) is 5.28. The van der Waals surface area contributed by atoms with Crippen molar-refractivity contribution >= 4 is 34.5 Å². The maximum Gasteiger partial charge on any atom is 0.0648 e. The minimum absolute atomic E-state index is 0.325. The van der Waals surface area contributed by atoms with E-state index in [0.717, 1.165) is 37.0 Å². The number of benzene rings is 1. The van der Waals surface area contributed by atoms with E-state index in [-0.39, 0.29) is 0 Å². The summed E-state index contributed by atoms with van der Waals surface area (Å²) in [6, 6.07) is 8.19. The first kappa shape index (κ1) is 25.2. The molecule has 3 unspecified atom stereocenters. The Bertz CT molecular complexity index is 882. The Morgan fingerprint density at radius 3 is 2.70 bits per heavy atom. The molecule has 0 radical (unpaired) electrons. The highest BCUT2D eigenvalue weighted by molar-refractivity contribution is 7.08. The third-order valence-corrected chi connectivity index (χ3v) is 8.55. The second-order valence-electron chi connectivity index (χ2n) is 9.77. The van der Waals surface area contributed by atoms with E-state index in [1.54, 1.807) is 0 Å². The van der Waals surface area contributed by atoms with Gasteiger partial charge in [-0.1, -0.05) is 35.3 Å². The third-order valence-electron chi connectivity index (χ3n) is 7.26. The summed E-state index contributed by atoms with van der Waals surface area (Å²) < 4.78 is 5.81. The van der Waals surface area contributed by atoms with Crippen LogP contribution in [0.3, 0.4) is 0 Å². The molecule has 0 bridgehead atoms. The molecule has 33 heavy (non-hydrogen) atoms. The standard InChI is InChI=1S/C27H36Cl2N2OS/c1-3-11-32-20(2)13-21-6-9-30(10-7-21)16-24-17-31(18-26(24)23-8-12-33-19-23)15-22-4-5-25(28)14-27(22)29/h3-5,8,12,14,19-21,24,26H,1,6-7,9-11,13,15-18H2,2H3. The molecule has 0 aliphatic carbocycles. The first-order valence-electron chi connectivity index (χ1n) is 12.1. The molecule has 2 fully saturated rings. The van der Waals surface area contributed by atoms with Crippen molar-refractivity contribution in [3.8, 4) is 0 Å². The fourth-order valence-corrected chi connectivity index (χ4v) is 6.73. The fourth-order valence-electron chi connectivity index (χ4n) is 5.54. The number of piperidine rings is 1. The summed E-state index contributed by atoms with van der Waals surface area (Å²) in [6.07, 6.45) is 5.89. The highest BCUT2D eigenvalue weighted by atomic mass is 35.5. The van der Waals surface area contributed by atoms with Gasteiger partial charge in [0.05, 0.1) is 12.7 Å². The molecular formula is C27H36Cl2N2OS. The quantitative estimate of drug-likeness (QED) is 0.323. The normalized spacial score (nSPS) is 23.7. The smallest absolute Gasteiger partial charge is 0.0648 e. The molecule has 0 amide bonds. The van der Waals surface area contributed by atoms with Crippen LogP contribution in [0.1, 0.15) is 43.2 Å². The molecular weight excluding hydrogens is 471 g/mol. The van der Waals surface area contributed by atoms with Gasteiger partial charge in [-0.15, -0.1) is 6.58 Å². The number of nitrogens with zero attached hydrogens (tertiary/aromatic N) is 2. The molecule has 2 saturated heterocycles. The molecule has 0 N–H and O–H groups in total. The number of rotatable bonds is 10. The van der Waals surface area contributed by atoms with E-state index < -0.39 is 0 Å². The summed E-state index contributed by atoms with van der Waals surface area (Å²) in [5, 5.41) is 6.02. The Labute approximate surface area is 213 Å². The first-order chi connectivity index (χ1) is 16.0. The number of hydrogen-bond donors (Lipinski definition) is 0. The van der Waals surface area contributed by atoms with Gasteiger partial charge in [0.1, 0.15) is 0 Å². The largest absolute Gasteiger partial charge is 0.374 e. The van der Waals surface area contributed by atoms with Crippen LogP contribution in [-0.2, 0) is 11.3 Å². The molecule has 2 aromatic rings. The van der Waals surface area contributed by atoms with Gasteiger partial charge in [0, 0.05) is 42.1 Å². The van der Waals surface area contributed by atoms with Crippen LogP contribution in [-0.4, -0.2) is 55.2 Å². The van der Waals surface area contributed by atoms with Crippen molar-refractivity contribution in [1.82, 2.24) is 9.80 Å². The highest BCUT2D eigenvalue weighted by Gasteiger charge is 2.36. The van der Waals surface area contributed by atoms with E-state index in [4.69, 9.17) is 27.9 Å². The SMILES string of the molecule is C=CCOC(C)CC1CCN(CC2CN(Cc3ccc(Cl)cc3Cl)CC2c2ccsc2)CC1. The Kier molecular flexibility index (Phi) is 9.32. The lowest BCUT2D eigenvalue weighted by atomic mass is 9.88. The molecule has 3 heterocycles. The van der Waals surface area contributed by atoms with Gasteiger partial charge < -0.3 is 9.64 Å². The van der Waals surface area contributed by atoms with Crippen molar-refractivity contribution < 1.29 is 4.74 Å². The Hall–Kier alpha value is -0.880. The summed E-state index contributed by atoms with van der Waals surface area (Å²) >= 11 is 14.4. The van der Waals surface area contributed by atoms with E-state index in [2.05, 4.69) is 46.2 Å². The highest BCUT2D eigenvalue weighted by Crippen LogP contribution is 2.36. The van der Waals surface area contributed by atoms with Crippen LogP contribution >= 0.6 is 34.5 Å². The minimum Gasteiger partial charge on any atom is -0.374 e. The topological polar surface area (TPSA) is 15.7 Å². The molecule has 0 saturated carbocycles. The van der Waals surface area contributed by atoms with E-state index in [1.165, 1.54) is 43.6 Å². The number of thiophene rings is 1. The molecule has 4 rings (SSSR count). The van der Waals surface area contributed by atoms with Crippen LogP contribution in [0.5, 0.6) is 0 Å². The molecule has 180 valence electrons. The van der Waals surface area contributed by atoms with Gasteiger partial charge in [-0.2, -0.15) is 11.3 Å². The predicted molar refractivity (Wildman–Crippen MR) is 142 cm³/mol. The number of ether oxygens (including phenoxy) is 1. The molecule has 6 heteroatoms. The number of hydrogen-bond acceptors (Lipinski definition) is 4. The van der Waals surface area contributed by atoms with Crippen molar-refractivity contribution in [2.24, 2.45) is 11.8 Å². The van der Waals surface area contributed by atoms with Gasteiger partial charge in [0.15, 0.2) is 0 Å². The zero-order valence-corrected chi connectivity index (χ0v) is 21.9. The molecule has 2 aliphatic heterocycles. The number of halogens is 2. The van der Waals surface area contributed by atoms with Crippen molar-refractivity contribution in [1.29, 1.82) is 0 Å². The Morgan fingerprint density at radius 1 is 1.18 bits per heavy atom. The van der Waals surface area contributed by atoms with Gasteiger partial charge in [0.2, 0.25) is 0 Å². The average Bonchev–Trinajstić information content (AvgIpc) is 3.46. The van der Waals surface area contributed by atoms with Crippen LogP contribution in [0, 0.1) is 11.8 Å². The monoisotopic (exact) mass is 506 g/mol. The minimum atomic E-state index is 0.325. The summed E-state index contributed by atoms with van der Waals surface area (Å²) in [7, 11) is 0. The maximum atomic E-state index is 6.48. The van der Waals surface area contributed by atoms with Gasteiger partial charge in [-0.05, 0) is 91.2 Å². The molecule has 3 atom stereocenters. The average molecular weight is 508 g/mol. The van der Waals surface area contributed by atoms with Crippen LogP contribution in [0.15, 0.2) is 47.7 Å². The molecule has 1 aromatic carbocycles. The van der Waals surface area contributed by atoms with E-state index in [0.29, 0.717) is 29.6 Å². The zero-order chi connectivity index (χ0) is 23.2. The summed E-state index contributed by atoms with van der Waals surface area (Å²) in [6.45, 7) is 13.3. The lowest BCUT2D eigenvalue weighted by Crippen LogP contribution is -2.39. The second-order valence-corrected chi connectivity index (χ2v) is 11.4. The van der Waals surface area contributed by atoms with E-state index in [9.17, 15) is 0 Å². The molecule has 3 nitrogen and oxygen atoms in total. The molecule has 0 spiro atoms. The van der Waals surface area contributed by atoms with Crippen LogP contribution < -0.4 is 0 Å².